The third kappa shape index (κ3) is 2.87. The highest BCUT2D eigenvalue weighted by Gasteiger charge is 2.12. The summed E-state index contributed by atoms with van der Waals surface area (Å²) in [6, 6.07) is 9.55. The molecule has 0 saturated heterocycles. The van der Waals surface area contributed by atoms with E-state index in [1.165, 1.54) is 0 Å². The molecule has 1 amide bonds. The smallest absolute Gasteiger partial charge is 0.220 e. The second-order valence-corrected chi connectivity index (χ2v) is 2.81. The molecular formula is C10H13NO2. The maximum Gasteiger partial charge on any atom is 0.220 e. The molecule has 0 unspecified atom stereocenters. The van der Waals surface area contributed by atoms with Crippen molar-refractivity contribution in [1.82, 2.24) is 0 Å². The third-order valence-corrected chi connectivity index (χ3v) is 1.84. The molecule has 0 aromatic heterocycles. The van der Waals surface area contributed by atoms with E-state index in [2.05, 4.69) is 0 Å². The van der Waals surface area contributed by atoms with Crippen LogP contribution in [0.1, 0.15) is 18.1 Å². The number of primary amides is 1. The molecule has 13 heavy (non-hydrogen) atoms. The lowest BCUT2D eigenvalue weighted by Crippen LogP contribution is -2.16. The van der Waals surface area contributed by atoms with Crippen LogP contribution in [0.2, 0.25) is 0 Å². The molecule has 0 heterocycles. The average Bonchev–Trinajstić information content (AvgIpc) is 2.15. The Morgan fingerprint density at radius 1 is 1.46 bits per heavy atom. The van der Waals surface area contributed by atoms with Crippen molar-refractivity contribution in [2.75, 3.05) is 7.11 Å². The summed E-state index contributed by atoms with van der Waals surface area (Å²) in [7, 11) is 1.57. The molecule has 0 aliphatic carbocycles. The Labute approximate surface area is 77.5 Å². The second-order valence-electron chi connectivity index (χ2n) is 2.81. The second kappa shape index (κ2) is 4.62. The lowest BCUT2D eigenvalue weighted by atomic mass is 10.1. The van der Waals surface area contributed by atoms with Gasteiger partial charge in [-0.15, -0.1) is 0 Å². The van der Waals surface area contributed by atoms with Crippen molar-refractivity contribution in [3.63, 3.8) is 0 Å². The average molecular weight is 179 g/mol. The van der Waals surface area contributed by atoms with Crippen molar-refractivity contribution >= 4 is 5.91 Å². The topological polar surface area (TPSA) is 52.3 Å². The fraction of sp³-hybridized carbons (Fsp3) is 0.300. The number of methoxy groups -OCH3 is 1. The van der Waals surface area contributed by atoms with Gasteiger partial charge < -0.3 is 10.5 Å². The minimum atomic E-state index is -0.351. The molecule has 1 aromatic rings. The summed E-state index contributed by atoms with van der Waals surface area (Å²) in [5.41, 5.74) is 6.06. The number of carbonyl (C=O) groups is 1. The van der Waals surface area contributed by atoms with Crippen LogP contribution in [0, 0.1) is 0 Å². The van der Waals surface area contributed by atoms with Crippen LogP contribution in [-0.2, 0) is 9.53 Å². The van der Waals surface area contributed by atoms with Crippen LogP contribution in [0.25, 0.3) is 0 Å². The van der Waals surface area contributed by atoms with Crippen molar-refractivity contribution < 1.29 is 9.53 Å². The summed E-state index contributed by atoms with van der Waals surface area (Å²) in [5.74, 6) is -0.351. The van der Waals surface area contributed by atoms with Gasteiger partial charge in [0.15, 0.2) is 0 Å². The zero-order chi connectivity index (χ0) is 9.68. The monoisotopic (exact) mass is 179 g/mol. The Balaban J connectivity index is 2.73. The molecule has 0 radical (unpaired) electrons. The van der Waals surface area contributed by atoms with Crippen molar-refractivity contribution in [3.8, 4) is 0 Å². The third-order valence-electron chi connectivity index (χ3n) is 1.84. The molecule has 3 heteroatoms. The SMILES string of the molecule is CO[C@H](CC(N)=O)c1ccccc1. The number of hydrogen-bond donors (Lipinski definition) is 1. The highest BCUT2D eigenvalue weighted by molar-refractivity contribution is 5.74. The van der Waals surface area contributed by atoms with E-state index >= 15 is 0 Å². The molecule has 70 valence electrons. The highest BCUT2D eigenvalue weighted by atomic mass is 16.5. The van der Waals surface area contributed by atoms with Gasteiger partial charge >= 0.3 is 0 Å². The Morgan fingerprint density at radius 3 is 2.54 bits per heavy atom. The van der Waals surface area contributed by atoms with E-state index in [9.17, 15) is 4.79 Å². The van der Waals surface area contributed by atoms with Crippen LogP contribution in [0.5, 0.6) is 0 Å². The first kappa shape index (κ1) is 9.74. The predicted octanol–water partition coefficient (Wildman–Crippen LogP) is 1.25. The number of hydrogen-bond acceptors (Lipinski definition) is 2. The fourth-order valence-corrected chi connectivity index (χ4v) is 1.19. The van der Waals surface area contributed by atoms with E-state index < -0.39 is 0 Å². The van der Waals surface area contributed by atoms with Gasteiger partial charge in [-0.1, -0.05) is 30.3 Å². The van der Waals surface area contributed by atoms with Gasteiger partial charge in [0.25, 0.3) is 0 Å². The zero-order valence-electron chi connectivity index (χ0n) is 7.57. The van der Waals surface area contributed by atoms with Crippen LogP contribution < -0.4 is 5.73 Å². The van der Waals surface area contributed by atoms with Crippen LogP contribution in [0.3, 0.4) is 0 Å². The maximum absolute atomic E-state index is 10.7. The summed E-state index contributed by atoms with van der Waals surface area (Å²) in [5, 5.41) is 0. The Kier molecular flexibility index (Phi) is 3.46. The Bertz CT molecular complexity index is 272. The van der Waals surface area contributed by atoms with Gasteiger partial charge in [-0.3, -0.25) is 4.79 Å². The van der Waals surface area contributed by atoms with Gasteiger partial charge in [0.2, 0.25) is 5.91 Å². The molecule has 0 aliphatic rings. The molecule has 0 aliphatic heterocycles. The van der Waals surface area contributed by atoms with Crippen molar-refractivity contribution in [2.45, 2.75) is 12.5 Å². The molecule has 1 aromatic carbocycles. The quantitative estimate of drug-likeness (QED) is 0.756. The molecule has 3 nitrogen and oxygen atoms in total. The Hall–Kier alpha value is -1.35. The molecule has 0 spiro atoms. The number of rotatable bonds is 4. The van der Waals surface area contributed by atoms with Crippen molar-refractivity contribution in [3.05, 3.63) is 35.9 Å². The fourth-order valence-electron chi connectivity index (χ4n) is 1.19. The standard InChI is InChI=1S/C10H13NO2/c1-13-9(7-10(11)12)8-5-3-2-4-6-8/h2-6,9H,7H2,1H3,(H2,11,12)/t9-/m1/s1. The molecule has 1 atom stereocenters. The van der Waals surface area contributed by atoms with Gasteiger partial charge in [-0.2, -0.15) is 0 Å². The molecule has 0 bridgehead atoms. The number of carbonyl (C=O) groups excluding carboxylic acids is 1. The van der Waals surface area contributed by atoms with Crippen molar-refractivity contribution in [1.29, 1.82) is 0 Å². The van der Waals surface area contributed by atoms with E-state index in [1.54, 1.807) is 7.11 Å². The lowest BCUT2D eigenvalue weighted by Gasteiger charge is -2.13. The summed E-state index contributed by atoms with van der Waals surface area (Å²) in [4.78, 5) is 10.7. The predicted molar refractivity (Wildman–Crippen MR) is 50.0 cm³/mol. The summed E-state index contributed by atoms with van der Waals surface area (Å²) < 4.78 is 5.15. The van der Waals surface area contributed by atoms with Crippen LogP contribution in [0.4, 0.5) is 0 Å². The zero-order valence-corrected chi connectivity index (χ0v) is 7.57. The molecule has 0 fully saturated rings. The van der Waals surface area contributed by atoms with Crippen molar-refractivity contribution in [2.24, 2.45) is 5.73 Å². The van der Waals surface area contributed by atoms with E-state index in [0.29, 0.717) is 0 Å². The number of benzene rings is 1. The minimum Gasteiger partial charge on any atom is -0.376 e. The normalized spacial score (nSPS) is 12.4. The van der Waals surface area contributed by atoms with Gasteiger partial charge in [0.1, 0.15) is 0 Å². The van der Waals surface area contributed by atoms with Gasteiger partial charge in [0.05, 0.1) is 12.5 Å². The van der Waals surface area contributed by atoms with Crippen LogP contribution >= 0.6 is 0 Å². The van der Waals surface area contributed by atoms with Crippen LogP contribution in [0.15, 0.2) is 30.3 Å². The molecular weight excluding hydrogens is 166 g/mol. The summed E-state index contributed by atoms with van der Waals surface area (Å²) in [6.07, 6.45) is -0.000694. The number of nitrogens with two attached hydrogens (primary N) is 1. The molecule has 0 saturated carbocycles. The minimum absolute atomic E-state index is 0.223. The first-order chi connectivity index (χ1) is 6.24. The van der Waals surface area contributed by atoms with E-state index in [0.717, 1.165) is 5.56 Å². The van der Waals surface area contributed by atoms with E-state index in [1.807, 2.05) is 30.3 Å². The summed E-state index contributed by atoms with van der Waals surface area (Å²) in [6.45, 7) is 0. The number of amides is 1. The first-order valence-electron chi connectivity index (χ1n) is 4.10. The van der Waals surface area contributed by atoms with Gasteiger partial charge in [-0.25, -0.2) is 0 Å². The number of ether oxygens (including phenoxy) is 1. The lowest BCUT2D eigenvalue weighted by molar-refractivity contribution is -0.120. The van der Waals surface area contributed by atoms with Crippen LogP contribution in [-0.4, -0.2) is 13.0 Å². The van der Waals surface area contributed by atoms with Gasteiger partial charge in [-0.05, 0) is 5.56 Å². The Morgan fingerprint density at radius 2 is 2.08 bits per heavy atom. The maximum atomic E-state index is 10.7. The summed E-state index contributed by atoms with van der Waals surface area (Å²) >= 11 is 0. The van der Waals surface area contributed by atoms with E-state index in [-0.39, 0.29) is 18.4 Å². The van der Waals surface area contributed by atoms with Gasteiger partial charge in [0, 0.05) is 7.11 Å². The van der Waals surface area contributed by atoms with E-state index in [4.69, 9.17) is 10.5 Å². The molecule has 2 N–H and O–H groups in total. The first-order valence-corrected chi connectivity index (χ1v) is 4.10. The largest absolute Gasteiger partial charge is 0.376 e. The highest BCUT2D eigenvalue weighted by Crippen LogP contribution is 2.19. The molecule has 1 rings (SSSR count).